The van der Waals surface area contributed by atoms with Crippen molar-refractivity contribution in [1.29, 1.82) is 0 Å². The zero-order chi connectivity index (χ0) is 8.58. The van der Waals surface area contributed by atoms with Gasteiger partial charge in [-0.3, -0.25) is 0 Å². The first kappa shape index (κ1) is 9.97. The van der Waals surface area contributed by atoms with E-state index in [1.165, 1.54) is 0 Å². The molecule has 0 aliphatic carbocycles. The standard InChI is InChI=1S/CH4O7P2/c2-1(9(3,4)5)10(6,7)8/h(H2,3,4,5)(H2,6,7,8)/p+4. The molecule has 0 aliphatic rings. The van der Waals surface area contributed by atoms with Crippen LogP contribution in [0.2, 0.25) is 0 Å². The number of hydrogen-bond donors (Lipinski definition) is 0. The third-order valence-electron chi connectivity index (χ3n) is 0.539. The molecular formula is CH8O7P2+4. The Hall–Kier alpha value is -0.0300. The van der Waals surface area contributed by atoms with Crippen LogP contribution in [0.15, 0.2) is 0 Å². The summed E-state index contributed by atoms with van der Waals surface area (Å²) in [5.41, 5.74) is 0. The normalized spacial score (nSPS) is 13.2. The summed E-state index contributed by atoms with van der Waals surface area (Å²) in [4.78, 5) is 35.2. The molecular weight excluding hydrogens is 186 g/mol. The van der Waals surface area contributed by atoms with Gasteiger partial charge in [0.1, 0.15) is 0 Å². The van der Waals surface area contributed by atoms with Gasteiger partial charge in [-0.25, -0.2) is 4.79 Å². The van der Waals surface area contributed by atoms with E-state index < -0.39 is 20.5 Å². The molecule has 0 fully saturated rings. The van der Waals surface area contributed by atoms with Crippen molar-refractivity contribution < 1.29 is 33.5 Å². The monoisotopic (exact) mass is 194 g/mol. The molecule has 0 bridgehead atoms. The topological polar surface area (TPSA) is 143 Å². The zero-order valence-corrected chi connectivity index (χ0v) is 6.41. The average Bonchev–Trinajstić information content (AvgIpc) is 1.59. The Balaban J connectivity index is 4.75. The predicted octanol–water partition coefficient (Wildman–Crippen LogP) is -1.61. The van der Waals surface area contributed by atoms with E-state index in [4.69, 9.17) is 19.6 Å². The fourth-order valence-electron chi connectivity index (χ4n) is 0.198. The molecule has 0 rings (SSSR count). The molecule has 0 amide bonds. The first-order valence-electron chi connectivity index (χ1n) is 1.91. The van der Waals surface area contributed by atoms with Gasteiger partial charge in [-0.1, -0.05) is 0 Å². The van der Waals surface area contributed by atoms with Gasteiger partial charge in [0, 0.05) is 0 Å². The molecule has 0 saturated carbocycles. The smallest absolute Gasteiger partial charge is 0.345 e. The second-order valence-corrected chi connectivity index (χ2v) is 5.10. The second kappa shape index (κ2) is 2.54. The van der Waals surface area contributed by atoms with Gasteiger partial charge in [0.2, 0.25) is 0 Å². The molecule has 0 aliphatic heterocycles. The molecule has 7 nitrogen and oxygen atoms in total. The maximum Gasteiger partial charge on any atom is 0.707 e. The summed E-state index contributed by atoms with van der Waals surface area (Å²) in [6.07, 6.45) is 0. The summed E-state index contributed by atoms with van der Waals surface area (Å²) in [5.74, 6) is 0. The van der Waals surface area contributed by atoms with E-state index in [0.717, 1.165) is 0 Å². The van der Waals surface area contributed by atoms with Gasteiger partial charge in [-0.15, -0.1) is 0 Å². The van der Waals surface area contributed by atoms with Gasteiger partial charge >= 0.3 is 20.5 Å². The fourth-order valence-corrected chi connectivity index (χ4v) is 1.78. The molecule has 0 saturated heterocycles. The van der Waals surface area contributed by atoms with Crippen LogP contribution in [-0.2, 0) is 9.13 Å². The van der Waals surface area contributed by atoms with Crippen molar-refractivity contribution in [2.45, 2.75) is 0 Å². The van der Waals surface area contributed by atoms with Gasteiger partial charge in [0.05, 0.1) is 0 Å². The molecule has 0 spiro atoms. The summed E-state index contributed by atoms with van der Waals surface area (Å²) >= 11 is 0. The Morgan fingerprint density at radius 1 is 0.900 bits per heavy atom. The molecule has 0 unspecified atom stereocenters. The van der Waals surface area contributed by atoms with Gasteiger partial charge in [0.25, 0.3) is 0 Å². The van der Waals surface area contributed by atoms with Gasteiger partial charge in [0.15, 0.2) is 0 Å². The molecule has 0 heterocycles. The van der Waals surface area contributed by atoms with Crippen LogP contribution in [-0.4, -0.2) is 24.8 Å². The lowest BCUT2D eigenvalue weighted by Gasteiger charge is -1.85. The van der Waals surface area contributed by atoms with Crippen molar-refractivity contribution in [3.63, 3.8) is 0 Å². The maximum absolute atomic E-state index is 10.2. The van der Waals surface area contributed by atoms with Crippen LogP contribution < -0.4 is 0 Å². The largest absolute Gasteiger partial charge is 0.707 e. The van der Waals surface area contributed by atoms with Gasteiger partial charge < -0.3 is 19.6 Å². The fraction of sp³-hybridized carbons (Fsp3) is 0. The van der Waals surface area contributed by atoms with Crippen LogP contribution in [0.1, 0.15) is 0 Å². The van der Waals surface area contributed by atoms with Crippen molar-refractivity contribution >= 4 is 20.5 Å². The Labute approximate surface area is 55.0 Å². The van der Waals surface area contributed by atoms with E-state index in [2.05, 4.69) is 0 Å². The number of carbonyl (C=O) groups excluding carboxylic acids is 1. The molecule has 60 valence electrons. The number of hydrogen-bond acceptors (Lipinski definition) is 3. The minimum atomic E-state index is -4.66. The Kier molecular flexibility index (Phi) is 2.53. The molecule has 9 heteroatoms. The van der Waals surface area contributed by atoms with Crippen LogP contribution in [0.5, 0.6) is 0 Å². The van der Waals surface area contributed by atoms with Crippen LogP contribution >= 0.6 is 15.2 Å². The Bertz CT molecular complexity index is 204. The maximum atomic E-state index is 10.2. The molecule has 0 aromatic heterocycles. The van der Waals surface area contributed by atoms with Crippen LogP contribution in [0.3, 0.4) is 0 Å². The quantitative estimate of drug-likeness (QED) is 0.385. The minimum absolute atomic E-state index is 1.90. The van der Waals surface area contributed by atoms with Crippen molar-refractivity contribution in [3.8, 4) is 0 Å². The number of rotatable bonds is 2. The van der Waals surface area contributed by atoms with Gasteiger partial charge in [-0.2, -0.15) is 9.13 Å². The lowest BCUT2D eigenvalue weighted by Crippen LogP contribution is -1.96. The van der Waals surface area contributed by atoms with Crippen molar-refractivity contribution in [2.24, 2.45) is 0 Å². The van der Waals surface area contributed by atoms with Crippen molar-refractivity contribution in [1.82, 2.24) is 0 Å². The first-order valence-corrected chi connectivity index (χ1v) is 5.32. The Morgan fingerprint density at radius 2 is 1.10 bits per heavy atom. The highest BCUT2D eigenvalue weighted by Crippen LogP contribution is 2.54. The molecule has 0 atom stereocenters. The van der Waals surface area contributed by atoms with Crippen molar-refractivity contribution in [2.75, 3.05) is 0 Å². The first-order chi connectivity index (χ1) is 4.15. The highest BCUT2D eigenvalue weighted by molar-refractivity contribution is 7.96. The summed E-state index contributed by atoms with van der Waals surface area (Å²) in [5, 5.41) is -1.90. The van der Waals surface area contributed by atoms with E-state index in [0.29, 0.717) is 0 Å². The van der Waals surface area contributed by atoms with Crippen LogP contribution in [0.25, 0.3) is 0 Å². The highest BCUT2D eigenvalue weighted by Gasteiger charge is 2.63. The lowest BCUT2D eigenvalue weighted by molar-refractivity contribution is 0.255. The second-order valence-electron chi connectivity index (χ2n) is 1.50. The highest BCUT2D eigenvalue weighted by atomic mass is 31.2. The van der Waals surface area contributed by atoms with Crippen LogP contribution in [0, 0.1) is 0 Å². The molecule has 8 N–H and O–H groups in total. The van der Waals surface area contributed by atoms with E-state index >= 15 is 0 Å². The van der Waals surface area contributed by atoms with Crippen molar-refractivity contribution in [3.05, 3.63) is 0 Å². The molecule has 0 radical (unpaired) electrons. The third-order valence-corrected chi connectivity index (χ3v) is 3.31. The molecule has 0 aromatic rings. The summed E-state index contributed by atoms with van der Waals surface area (Å²) in [6.45, 7) is 0. The summed E-state index contributed by atoms with van der Waals surface area (Å²) < 4.78 is 20.3. The van der Waals surface area contributed by atoms with E-state index in [9.17, 15) is 13.9 Å². The minimum Gasteiger partial charge on any atom is -0.345 e. The summed E-state index contributed by atoms with van der Waals surface area (Å²) in [6, 6.07) is 0. The SMILES string of the molecule is O=C(P(=O)([OH2+])[OH2+])P(=O)([OH2+])[OH2+]. The average molecular weight is 194 g/mol. The lowest BCUT2D eigenvalue weighted by atomic mass is 11.8. The molecule has 10 heavy (non-hydrogen) atoms. The predicted molar refractivity (Wildman–Crippen MR) is 35.1 cm³/mol. The van der Waals surface area contributed by atoms with Gasteiger partial charge in [-0.05, 0) is 0 Å². The zero-order valence-electron chi connectivity index (χ0n) is 4.62. The van der Waals surface area contributed by atoms with E-state index in [1.54, 1.807) is 0 Å². The Morgan fingerprint density at radius 3 is 1.10 bits per heavy atom. The number of carbonyl (C=O) groups is 1. The van der Waals surface area contributed by atoms with E-state index in [1.807, 2.05) is 0 Å². The third kappa shape index (κ3) is 2.70. The van der Waals surface area contributed by atoms with Crippen LogP contribution in [0.4, 0.5) is 4.79 Å². The summed E-state index contributed by atoms with van der Waals surface area (Å²) in [7, 11) is -9.31. The van der Waals surface area contributed by atoms with E-state index in [-0.39, 0.29) is 0 Å². The molecule has 0 aromatic carbocycles.